The van der Waals surface area contributed by atoms with Crippen LogP contribution in [-0.4, -0.2) is 64.4 Å². The second kappa shape index (κ2) is 9.09. The second-order valence-corrected chi connectivity index (χ2v) is 10.9. The van der Waals surface area contributed by atoms with Gasteiger partial charge in [0.25, 0.3) is 6.04 Å². The van der Waals surface area contributed by atoms with Crippen LogP contribution in [0.2, 0.25) is 0 Å². The van der Waals surface area contributed by atoms with E-state index >= 15 is 0 Å². The Morgan fingerprint density at radius 2 is 1.35 bits per heavy atom. The van der Waals surface area contributed by atoms with Crippen LogP contribution < -0.4 is 0 Å². The molecule has 4 saturated heterocycles. The van der Waals surface area contributed by atoms with Gasteiger partial charge in [0.05, 0.1) is 6.54 Å². The predicted octanol–water partition coefficient (Wildman–Crippen LogP) is 3.59. The molecule has 0 aromatic heterocycles. The van der Waals surface area contributed by atoms with E-state index in [-0.39, 0.29) is 4.92 Å². The summed E-state index contributed by atoms with van der Waals surface area (Å²) in [5.74, 6) is -1.82. The number of hydroxylamine groups is 2. The van der Waals surface area contributed by atoms with Crippen LogP contribution in [0.1, 0.15) is 44.9 Å². The fourth-order valence-electron chi connectivity index (χ4n) is 5.94. The van der Waals surface area contributed by atoms with E-state index in [9.17, 15) is 10.1 Å². The highest BCUT2D eigenvalue weighted by atomic mass is 16.9. The van der Waals surface area contributed by atoms with Crippen molar-refractivity contribution in [3.8, 4) is 0 Å². The molecule has 0 unspecified atom stereocenters. The minimum atomic E-state index is -1.13. The molecule has 37 heavy (non-hydrogen) atoms. The van der Waals surface area contributed by atoms with E-state index in [0.717, 1.165) is 11.1 Å². The minimum absolute atomic E-state index is 0.269. The summed E-state index contributed by atoms with van der Waals surface area (Å²) < 4.78 is 31.0. The molecule has 198 valence electrons. The molecule has 0 saturated carbocycles. The first-order chi connectivity index (χ1) is 17.6. The highest BCUT2D eigenvalue weighted by molar-refractivity contribution is 5.23. The van der Waals surface area contributed by atoms with Gasteiger partial charge in [-0.05, 0) is 38.8 Å². The monoisotopic (exact) mass is 512 g/mol. The molecule has 8 atom stereocenters. The molecule has 0 bridgehead atoms. The zero-order valence-corrected chi connectivity index (χ0v) is 21.3. The number of hydrogen-bond acceptors (Lipinski definition) is 9. The van der Waals surface area contributed by atoms with Gasteiger partial charge in [0.15, 0.2) is 24.0 Å². The van der Waals surface area contributed by atoms with Gasteiger partial charge in [-0.2, -0.15) is 5.06 Å². The smallest absolute Gasteiger partial charge is 0.265 e. The lowest BCUT2D eigenvalue weighted by molar-refractivity contribution is -0.534. The summed E-state index contributed by atoms with van der Waals surface area (Å²) >= 11 is 0. The Kier molecular flexibility index (Phi) is 6.11. The molecule has 0 N–H and O–H groups in total. The van der Waals surface area contributed by atoms with Crippen LogP contribution in [0.15, 0.2) is 60.7 Å². The molecule has 2 aromatic rings. The summed E-state index contributed by atoms with van der Waals surface area (Å²) in [6, 6.07) is 17.4. The van der Waals surface area contributed by atoms with Crippen LogP contribution in [0.4, 0.5) is 0 Å². The fourth-order valence-corrected chi connectivity index (χ4v) is 5.94. The third-order valence-electron chi connectivity index (χ3n) is 7.31. The van der Waals surface area contributed by atoms with Crippen molar-refractivity contribution in [2.75, 3.05) is 0 Å². The molecule has 0 spiro atoms. The quantitative estimate of drug-likeness (QED) is 0.439. The maximum Gasteiger partial charge on any atom is 0.265 e. The summed E-state index contributed by atoms with van der Waals surface area (Å²) in [4.78, 5) is 18.9. The molecular formula is C27H32N2O8. The molecule has 0 radical (unpaired) electrons. The molecule has 4 heterocycles. The van der Waals surface area contributed by atoms with Crippen LogP contribution in [0.25, 0.3) is 0 Å². The maximum atomic E-state index is 12.7. The van der Waals surface area contributed by atoms with E-state index in [1.807, 2.05) is 74.5 Å². The number of hydrogen-bond donors (Lipinski definition) is 0. The minimum Gasteiger partial charge on any atom is -0.342 e. The van der Waals surface area contributed by atoms with E-state index < -0.39 is 60.5 Å². The molecular weight excluding hydrogens is 480 g/mol. The topological polar surface area (TPSA) is 102 Å². The van der Waals surface area contributed by atoms with E-state index in [2.05, 4.69) is 0 Å². The van der Waals surface area contributed by atoms with Crippen LogP contribution in [0.3, 0.4) is 0 Å². The normalized spacial score (nSPS) is 38.3. The van der Waals surface area contributed by atoms with Crippen LogP contribution in [0, 0.1) is 10.1 Å². The van der Waals surface area contributed by atoms with Crippen LogP contribution >= 0.6 is 0 Å². The first-order valence-electron chi connectivity index (χ1n) is 12.6. The third kappa shape index (κ3) is 4.57. The van der Waals surface area contributed by atoms with Crippen molar-refractivity contribution >= 4 is 0 Å². The largest absolute Gasteiger partial charge is 0.342 e. The maximum absolute atomic E-state index is 12.7. The third-order valence-corrected chi connectivity index (χ3v) is 7.31. The Balaban J connectivity index is 1.38. The zero-order valence-electron chi connectivity index (χ0n) is 21.3. The molecule has 0 aliphatic carbocycles. The molecule has 6 rings (SSSR count). The summed E-state index contributed by atoms with van der Waals surface area (Å²) in [5.41, 5.74) is 1.77. The Morgan fingerprint density at radius 1 is 0.784 bits per heavy atom. The van der Waals surface area contributed by atoms with Gasteiger partial charge >= 0.3 is 0 Å². The van der Waals surface area contributed by atoms with Crippen molar-refractivity contribution < 1.29 is 33.4 Å². The SMILES string of the molecule is CC1(C)O[C@H]2[C@@H]([C@H]3ON(Cc4ccccc4)[C@@H](c4ccccc4)[C@@H]3[N+](=O)[O-])O[C@@H]3OC(C)(C)O[C@@H]3[C@H]2O1. The van der Waals surface area contributed by atoms with Crippen molar-refractivity contribution in [2.24, 2.45) is 0 Å². The lowest BCUT2D eigenvalue weighted by Crippen LogP contribution is -2.60. The van der Waals surface area contributed by atoms with Crippen molar-refractivity contribution in [3.05, 3.63) is 81.9 Å². The zero-order chi connectivity index (χ0) is 25.9. The Morgan fingerprint density at radius 3 is 2.00 bits per heavy atom. The standard InChI is InChI=1S/C27H32N2O8/c1-26(2)33-22-21(32-25-24(23(22)34-26)35-27(3,4)36-25)20-19(29(30)31)18(17-13-9-6-10-14-17)28(37-20)15-16-11-7-5-8-12-16/h5-14,18-25H,15H2,1-4H3/t18-,19-,20-,21+,22-,23-,24+,25+/m0/s1. The van der Waals surface area contributed by atoms with Gasteiger partial charge < -0.3 is 23.7 Å². The molecule has 4 aliphatic heterocycles. The predicted molar refractivity (Wildman–Crippen MR) is 129 cm³/mol. The number of benzene rings is 2. The Labute approximate surface area is 215 Å². The van der Waals surface area contributed by atoms with Gasteiger partial charge in [-0.1, -0.05) is 60.7 Å². The summed E-state index contributed by atoms with van der Waals surface area (Å²) in [6.45, 7) is 7.60. The number of nitro groups is 1. The summed E-state index contributed by atoms with van der Waals surface area (Å²) in [6.07, 6.45) is -4.26. The van der Waals surface area contributed by atoms with Crippen molar-refractivity contribution in [1.29, 1.82) is 0 Å². The van der Waals surface area contributed by atoms with Gasteiger partial charge in [-0.15, -0.1) is 0 Å². The molecule has 10 nitrogen and oxygen atoms in total. The second-order valence-electron chi connectivity index (χ2n) is 10.9. The number of fused-ring (bicyclic) bond motifs is 3. The average Bonchev–Trinajstić information content (AvgIpc) is 3.48. The van der Waals surface area contributed by atoms with E-state index in [1.165, 1.54) is 0 Å². The first-order valence-corrected chi connectivity index (χ1v) is 12.6. The number of nitrogens with zero attached hydrogens (tertiary/aromatic N) is 2. The summed E-state index contributed by atoms with van der Waals surface area (Å²) in [7, 11) is 0. The number of rotatable bonds is 5. The van der Waals surface area contributed by atoms with Crippen molar-refractivity contribution in [1.82, 2.24) is 5.06 Å². The molecule has 4 aliphatic rings. The Bertz CT molecular complexity index is 1130. The molecule has 10 heteroatoms. The van der Waals surface area contributed by atoms with Crippen LogP contribution in [-0.2, 0) is 35.1 Å². The van der Waals surface area contributed by atoms with Gasteiger partial charge in [0, 0.05) is 4.92 Å². The number of ether oxygens (including phenoxy) is 5. The van der Waals surface area contributed by atoms with E-state index in [4.69, 9.17) is 28.5 Å². The fraction of sp³-hybridized carbons (Fsp3) is 0.556. The lowest BCUT2D eigenvalue weighted by atomic mass is 9.88. The summed E-state index contributed by atoms with van der Waals surface area (Å²) in [5, 5.41) is 14.4. The van der Waals surface area contributed by atoms with E-state index in [0.29, 0.717) is 6.54 Å². The van der Waals surface area contributed by atoms with E-state index in [1.54, 1.807) is 18.9 Å². The van der Waals surface area contributed by atoms with Gasteiger partial charge in [0.2, 0.25) is 0 Å². The van der Waals surface area contributed by atoms with Gasteiger partial charge in [-0.25, -0.2) is 0 Å². The highest BCUT2D eigenvalue weighted by Gasteiger charge is 2.66. The van der Waals surface area contributed by atoms with Crippen molar-refractivity contribution in [3.63, 3.8) is 0 Å². The first kappa shape index (κ1) is 24.9. The van der Waals surface area contributed by atoms with Gasteiger partial charge in [-0.3, -0.25) is 15.0 Å². The van der Waals surface area contributed by atoms with Crippen LogP contribution in [0.5, 0.6) is 0 Å². The lowest BCUT2D eigenvalue weighted by Gasteiger charge is -2.39. The highest BCUT2D eigenvalue weighted by Crippen LogP contribution is 2.48. The average molecular weight is 513 g/mol. The Hall–Kier alpha value is -2.44. The molecule has 2 aromatic carbocycles. The molecule has 0 amide bonds. The molecule has 4 fully saturated rings. The van der Waals surface area contributed by atoms with Crippen molar-refractivity contribution in [2.45, 2.75) is 94.7 Å². The van der Waals surface area contributed by atoms with Gasteiger partial charge in [0.1, 0.15) is 30.5 Å².